The maximum atomic E-state index is 11.2. The van der Waals surface area contributed by atoms with Gasteiger partial charge in [0, 0.05) is 11.3 Å². The molecule has 1 atom stereocenters. The maximum absolute atomic E-state index is 11.2. The van der Waals surface area contributed by atoms with E-state index < -0.39 is 29.2 Å². The lowest BCUT2D eigenvalue weighted by atomic mass is 9.69. The summed E-state index contributed by atoms with van der Waals surface area (Å²) >= 11 is 0. The van der Waals surface area contributed by atoms with E-state index in [0.29, 0.717) is 11.8 Å². The third-order valence-corrected chi connectivity index (χ3v) is 3.13. The second-order valence-corrected chi connectivity index (χ2v) is 4.98. The number of hydrogen-bond donors (Lipinski definition) is 2. The van der Waals surface area contributed by atoms with Crippen molar-refractivity contribution in [3.05, 3.63) is 35.9 Å². The van der Waals surface area contributed by atoms with E-state index in [-0.39, 0.29) is 0 Å². The van der Waals surface area contributed by atoms with Gasteiger partial charge >= 0.3 is 11.9 Å². The lowest BCUT2D eigenvalue weighted by Crippen LogP contribution is -2.38. The van der Waals surface area contributed by atoms with Gasteiger partial charge < -0.3 is 15.0 Å². The van der Waals surface area contributed by atoms with Crippen molar-refractivity contribution >= 4 is 18.2 Å². The van der Waals surface area contributed by atoms with Crippen LogP contribution in [0.5, 0.6) is 0 Å². The van der Waals surface area contributed by atoms with Crippen LogP contribution in [0.25, 0.3) is 0 Å². The van der Waals surface area contributed by atoms with Crippen molar-refractivity contribution < 1.29 is 24.6 Å². The van der Waals surface area contributed by atoms with Crippen LogP contribution in [-0.2, 0) is 14.4 Å². The normalized spacial score (nSPS) is 13.0. The molecule has 0 bridgehead atoms. The predicted octanol–water partition coefficient (Wildman–Crippen LogP) is 1.78. The SMILES string of the molecule is CC(C)(C=O)[C@@H](c1ccccc1)C(C(=O)O)C(=O)O. The molecule has 0 unspecified atom stereocenters. The van der Waals surface area contributed by atoms with E-state index in [1.54, 1.807) is 30.3 Å². The van der Waals surface area contributed by atoms with Gasteiger partial charge in [-0.25, -0.2) is 0 Å². The summed E-state index contributed by atoms with van der Waals surface area (Å²) in [7, 11) is 0. The number of carboxylic acids is 2. The molecule has 1 aromatic carbocycles. The minimum absolute atomic E-state index is 0.523. The van der Waals surface area contributed by atoms with Crippen molar-refractivity contribution in [3.8, 4) is 0 Å². The first-order valence-electron chi connectivity index (χ1n) is 5.78. The Balaban J connectivity index is 3.39. The minimum atomic E-state index is -1.66. The number of carboxylic acid groups (broad SMARTS) is 2. The van der Waals surface area contributed by atoms with Crippen LogP contribution in [-0.4, -0.2) is 28.4 Å². The summed E-state index contributed by atoms with van der Waals surface area (Å²) in [6, 6.07) is 8.38. The second kappa shape index (κ2) is 5.65. The Bertz CT molecular complexity index is 464. The molecule has 2 N–H and O–H groups in total. The average molecular weight is 264 g/mol. The highest BCUT2D eigenvalue weighted by atomic mass is 16.4. The zero-order valence-corrected chi connectivity index (χ0v) is 10.7. The third-order valence-electron chi connectivity index (χ3n) is 3.13. The molecular weight excluding hydrogens is 248 g/mol. The largest absolute Gasteiger partial charge is 0.481 e. The van der Waals surface area contributed by atoms with Crippen LogP contribution in [0.1, 0.15) is 25.3 Å². The summed E-state index contributed by atoms with van der Waals surface area (Å²) < 4.78 is 0. The molecule has 0 aliphatic carbocycles. The molecule has 1 aromatic rings. The fraction of sp³-hybridized carbons (Fsp3) is 0.357. The summed E-state index contributed by atoms with van der Waals surface area (Å²) in [6.45, 7) is 3.08. The van der Waals surface area contributed by atoms with Crippen molar-refractivity contribution in [2.75, 3.05) is 0 Å². The van der Waals surface area contributed by atoms with Crippen LogP contribution < -0.4 is 0 Å². The van der Waals surface area contributed by atoms with Gasteiger partial charge in [0.25, 0.3) is 0 Å². The van der Waals surface area contributed by atoms with E-state index in [1.807, 2.05) is 0 Å². The molecule has 19 heavy (non-hydrogen) atoms. The number of aliphatic carboxylic acids is 2. The van der Waals surface area contributed by atoms with Gasteiger partial charge in [0.05, 0.1) is 0 Å². The number of carbonyl (C=O) groups excluding carboxylic acids is 1. The summed E-state index contributed by atoms with van der Waals surface area (Å²) in [4.78, 5) is 33.6. The average Bonchev–Trinajstić information content (AvgIpc) is 2.35. The third kappa shape index (κ3) is 3.19. The zero-order chi connectivity index (χ0) is 14.6. The molecule has 102 valence electrons. The first-order chi connectivity index (χ1) is 8.81. The van der Waals surface area contributed by atoms with E-state index in [0.717, 1.165) is 0 Å². The summed E-state index contributed by atoms with van der Waals surface area (Å²) in [5, 5.41) is 18.3. The Labute approximate surface area is 110 Å². The maximum Gasteiger partial charge on any atom is 0.318 e. The Morgan fingerprint density at radius 1 is 1.11 bits per heavy atom. The van der Waals surface area contributed by atoms with E-state index in [2.05, 4.69) is 0 Å². The standard InChI is InChI=1S/C14H16O5/c1-14(2,8-15)11(9-6-4-3-5-7-9)10(12(16)17)13(18)19/h3-8,10-11H,1-2H3,(H,16,17)(H,18,19)/t11-/m0/s1. The molecule has 5 nitrogen and oxygen atoms in total. The topological polar surface area (TPSA) is 91.7 Å². The molecular formula is C14H16O5. The Morgan fingerprint density at radius 3 is 1.95 bits per heavy atom. The summed E-state index contributed by atoms with van der Waals surface area (Å²) in [5.74, 6) is -5.49. The minimum Gasteiger partial charge on any atom is -0.481 e. The smallest absolute Gasteiger partial charge is 0.318 e. The molecule has 0 aliphatic rings. The van der Waals surface area contributed by atoms with Crippen LogP contribution in [0.2, 0.25) is 0 Å². The molecule has 0 spiro atoms. The van der Waals surface area contributed by atoms with Gasteiger partial charge in [-0.3, -0.25) is 9.59 Å². The van der Waals surface area contributed by atoms with Crippen molar-refractivity contribution in [1.82, 2.24) is 0 Å². The number of hydrogen-bond acceptors (Lipinski definition) is 3. The molecule has 0 aromatic heterocycles. The number of benzene rings is 1. The number of aldehydes is 1. The van der Waals surface area contributed by atoms with Gasteiger partial charge in [0.15, 0.2) is 5.92 Å². The van der Waals surface area contributed by atoms with Crippen molar-refractivity contribution in [2.24, 2.45) is 11.3 Å². The monoisotopic (exact) mass is 264 g/mol. The molecule has 0 aliphatic heterocycles. The lowest BCUT2D eigenvalue weighted by Gasteiger charge is -2.32. The van der Waals surface area contributed by atoms with Crippen LogP contribution in [0, 0.1) is 11.3 Å². The van der Waals surface area contributed by atoms with E-state index in [4.69, 9.17) is 10.2 Å². The fourth-order valence-electron chi connectivity index (χ4n) is 2.18. The van der Waals surface area contributed by atoms with Crippen LogP contribution in [0.15, 0.2) is 30.3 Å². The molecule has 0 radical (unpaired) electrons. The van der Waals surface area contributed by atoms with Crippen molar-refractivity contribution in [1.29, 1.82) is 0 Å². The summed E-state index contributed by atoms with van der Waals surface area (Å²) in [6.07, 6.45) is 0.601. The zero-order valence-electron chi connectivity index (χ0n) is 10.7. The fourth-order valence-corrected chi connectivity index (χ4v) is 2.18. The number of carbonyl (C=O) groups is 3. The van der Waals surface area contributed by atoms with Gasteiger partial charge in [-0.15, -0.1) is 0 Å². The number of rotatable bonds is 6. The van der Waals surface area contributed by atoms with Crippen molar-refractivity contribution in [2.45, 2.75) is 19.8 Å². The molecule has 5 heteroatoms. The molecule has 0 amide bonds. The van der Waals surface area contributed by atoms with Gasteiger partial charge in [0.2, 0.25) is 0 Å². The van der Waals surface area contributed by atoms with Crippen LogP contribution >= 0.6 is 0 Å². The van der Waals surface area contributed by atoms with Gasteiger partial charge in [-0.2, -0.15) is 0 Å². The first kappa shape index (κ1) is 14.9. The highest BCUT2D eigenvalue weighted by Crippen LogP contribution is 2.40. The van der Waals surface area contributed by atoms with Gasteiger partial charge in [-0.1, -0.05) is 44.2 Å². The van der Waals surface area contributed by atoms with E-state index >= 15 is 0 Å². The predicted molar refractivity (Wildman–Crippen MR) is 67.8 cm³/mol. The van der Waals surface area contributed by atoms with Crippen LogP contribution in [0.4, 0.5) is 0 Å². The Kier molecular flexibility index (Phi) is 4.43. The molecule has 0 fully saturated rings. The van der Waals surface area contributed by atoms with E-state index in [1.165, 1.54) is 13.8 Å². The molecule has 0 saturated carbocycles. The van der Waals surface area contributed by atoms with E-state index in [9.17, 15) is 14.4 Å². The molecule has 0 heterocycles. The Morgan fingerprint density at radius 2 is 1.58 bits per heavy atom. The quantitative estimate of drug-likeness (QED) is 0.603. The Hall–Kier alpha value is -2.17. The molecule has 1 rings (SSSR count). The van der Waals surface area contributed by atoms with Gasteiger partial charge in [0.1, 0.15) is 6.29 Å². The summed E-state index contributed by atoms with van der Waals surface area (Å²) in [5.41, 5.74) is -0.572. The second-order valence-electron chi connectivity index (χ2n) is 4.98. The lowest BCUT2D eigenvalue weighted by molar-refractivity contribution is -0.157. The highest BCUT2D eigenvalue weighted by Gasteiger charge is 2.44. The van der Waals surface area contributed by atoms with Crippen molar-refractivity contribution in [3.63, 3.8) is 0 Å². The highest BCUT2D eigenvalue weighted by molar-refractivity contribution is 5.94. The van der Waals surface area contributed by atoms with Gasteiger partial charge in [-0.05, 0) is 5.56 Å². The first-order valence-corrected chi connectivity index (χ1v) is 5.78. The van der Waals surface area contributed by atoms with Crippen LogP contribution in [0.3, 0.4) is 0 Å². The molecule has 0 saturated heterocycles.